The fourth-order valence-electron chi connectivity index (χ4n) is 2.27. The molecule has 0 saturated heterocycles. The molecule has 0 unspecified atom stereocenters. The summed E-state index contributed by atoms with van der Waals surface area (Å²) < 4.78 is 0. The predicted molar refractivity (Wildman–Crippen MR) is 63.4 cm³/mol. The monoisotopic (exact) mass is 232 g/mol. The van der Waals surface area contributed by atoms with Gasteiger partial charge in [0.15, 0.2) is 5.11 Å². The molecule has 0 aromatic carbocycles. The van der Waals surface area contributed by atoms with Gasteiger partial charge < -0.3 is 10.6 Å². The number of nitrogens with zero attached hydrogens (tertiary/aromatic N) is 1. The lowest BCUT2D eigenvalue weighted by molar-refractivity contribution is 0.265. The van der Waals surface area contributed by atoms with Crippen molar-refractivity contribution in [1.82, 2.24) is 4.90 Å². The second-order valence-corrected chi connectivity index (χ2v) is 5.18. The van der Waals surface area contributed by atoms with Crippen LogP contribution < -0.4 is 5.73 Å². The lowest BCUT2D eigenvalue weighted by Gasteiger charge is -2.32. The van der Waals surface area contributed by atoms with Crippen LogP contribution in [0.2, 0.25) is 0 Å². The van der Waals surface area contributed by atoms with E-state index in [9.17, 15) is 0 Å². The summed E-state index contributed by atoms with van der Waals surface area (Å²) in [5.41, 5.74) is 5.75. The van der Waals surface area contributed by atoms with E-state index in [4.69, 9.17) is 29.6 Å². The van der Waals surface area contributed by atoms with Gasteiger partial charge in [0, 0.05) is 18.5 Å². The highest BCUT2D eigenvalue weighted by Gasteiger charge is 2.44. The summed E-state index contributed by atoms with van der Waals surface area (Å²) in [4.78, 5) is 2.16. The highest BCUT2D eigenvalue weighted by molar-refractivity contribution is 7.80. The van der Waals surface area contributed by atoms with Gasteiger partial charge in [-0.25, -0.2) is 0 Å². The van der Waals surface area contributed by atoms with Crippen LogP contribution in [-0.2, 0) is 0 Å². The van der Waals surface area contributed by atoms with Gasteiger partial charge in [0.25, 0.3) is 0 Å². The maximum Gasteiger partial charge on any atom is 0.166 e. The zero-order valence-corrected chi connectivity index (χ0v) is 9.86. The number of hydrogen-bond donors (Lipinski definition) is 1. The lowest BCUT2D eigenvalue weighted by Crippen LogP contribution is -2.46. The zero-order chi connectivity index (χ0) is 10.1. The van der Waals surface area contributed by atoms with E-state index in [1.54, 1.807) is 0 Å². The molecule has 0 radical (unpaired) electrons. The van der Waals surface area contributed by atoms with E-state index in [2.05, 4.69) is 4.90 Å². The van der Waals surface area contributed by atoms with Crippen LogP contribution in [0, 0.1) is 11.8 Å². The molecule has 0 amide bonds. The van der Waals surface area contributed by atoms with Crippen LogP contribution in [0.15, 0.2) is 0 Å². The van der Waals surface area contributed by atoms with E-state index >= 15 is 0 Å². The van der Waals surface area contributed by atoms with Crippen molar-refractivity contribution in [2.45, 2.75) is 31.7 Å². The molecular weight excluding hydrogens is 216 g/mol. The number of rotatable bonds is 5. The summed E-state index contributed by atoms with van der Waals surface area (Å²) in [5.74, 6) is 2.30. The first-order valence-electron chi connectivity index (χ1n) is 5.36. The quantitative estimate of drug-likeness (QED) is 0.581. The molecule has 2 saturated carbocycles. The molecule has 2 rings (SSSR count). The Morgan fingerprint density at radius 1 is 1.36 bits per heavy atom. The van der Waals surface area contributed by atoms with Crippen LogP contribution in [0.1, 0.15) is 25.7 Å². The molecule has 0 spiro atoms. The van der Waals surface area contributed by atoms with Crippen molar-refractivity contribution in [2.24, 2.45) is 17.6 Å². The van der Waals surface area contributed by atoms with Crippen molar-refractivity contribution in [3.63, 3.8) is 0 Å². The highest BCUT2D eigenvalue weighted by atomic mass is 35.5. The number of nitrogens with two attached hydrogens (primary N) is 1. The van der Waals surface area contributed by atoms with E-state index in [0.29, 0.717) is 17.0 Å². The van der Waals surface area contributed by atoms with Crippen molar-refractivity contribution in [3.8, 4) is 0 Å². The van der Waals surface area contributed by atoms with Crippen LogP contribution in [0.25, 0.3) is 0 Å². The molecule has 0 aromatic heterocycles. The third-order valence-corrected chi connectivity index (χ3v) is 3.58. The first-order valence-corrected chi connectivity index (χ1v) is 6.30. The van der Waals surface area contributed by atoms with E-state index in [1.165, 1.54) is 25.7 Å². The first kappa shape index (κ1) is 10.5. The van der Waals surface area contributed by atoms with Crippen LogP contribution in [0.3, 0.4) is 0 Å². The van der Waals surface area contributed by atoms with Crippen molar-refractivity contribution < 1.29 is 0 Å². The summed E-state index contributed by atoms with van der Waals surface area (Å²) in [6.45, 7) is 0.814. The minimum atomic E-state index is 0.537. The second-order valence-electron chi connectivity index (χ2n) is 4.39. The molecule has 2 aliphatic rings. The molecule has 2 fully saturated rings. The third kappa shape index (κ3) is 2.31. The highest BCUT2D eigenvalue weighted by Crippen LogP contribution is 2.47. The Balaban J connectivity index is 2.00. The lowest BCUT2D eigenvalue weighted by atomic mass is 10.1. The Labute approximate surface area is 95.8 Å². The summed E-state index contributed by atoms with van der Waals surface area (Å²) in [7, 11) is 0. The van der Waals surface area contributed by atoms with E-state index in [1.807, 2.05) is 0 Å². The molecule has 0 heterocycles. The zero-order valence-electron chi connectivity index (χ0n) is 8.29. The van der Waals surface area contributed by atoms with Crippen molar-refractivity contribution >= 4 is 28.9 Å². The van der Waals surface area contributed by atoms with E-state index < -0.39 is 0 Å². The molecule has 2 N–H and O–H groups in total. The molecule has 2 nitrogen and oxygen atoms in total. The summed E-state index contributed by atoms with van der Waals surface area (Å²) in [6, 6.07) is 0.603. The fraction of sp³-hybridized carbons (Fsp3) is 0.900. The predicted octanol–water partition coefficient (Wildman–Crippen LogP) is 1.96. The molecule has 4 heteroatoms. The van der Waals surface area contributed by atoms with Crippen LogP contribution in [0.4, 0.5) is 0 Å². The Hall–Kier alpha value is -0.0200. The van der Waals surface area contributed by atoms with Crippen molar-refractivity contribution in [2.75, 3.05) is 12.4 Å². The van der Waals surface area contributed by atoms with Gasteiger partial charge in [-0.3, -0.25) is 0 Å². The topological polar surface area (TPSA) is 29.3 Å². The smallest absolute Gasteiger partial charge is 0.166 e. The number of hydrogen-bond acceptors (Lipinski definition) is 1. The number of thiocarbonyl (C=S) groups is 1. The minimum absolute atomic E-state index is 0.537. The summed E-state index contributed by atoms with van der Waals surface area (Å²) in [6.07, 6.45) is 5.40. The Bertz CT molecular complexity index is 214. The molecule has 80 valence electrons. The van der Waals surface area contributed by atoms with Gasteiger partial charge in [-0.05, 0) is 49.7 Å². The van der Waals surface area contributed by atoms with Crippen molar-refractivity contribution in [3.05, 3.63) is 0 Å². The van der Waals surface area contributed by atoms with Gasteiger partial charge in [0.1, 0.15) is 0 Å². The third-order valence-electron chi connectivity index (χ3n) is 3.18. The molecule has 2 aliphatic carbocycles. The van der Waals surface area contributed by atoms with Gasteiger partial charge in [-0.2, -0.15) is 0 Å². The Morgan fingerprint density at radius 2 is 1.86 bits per heavy atom. The minimum Gasteiger partial charge on any atom is -0.376 e. The number of alkyl halides is 1. The van der Waals surface area contributed by atoms with Gasteiger partial charge in [-0.1, -0.05) is 0 Å². The molecule has 14 heavy (non-hydrogen) atoms. The Kier molecular flexibility index (Phi) is 3.17. The Morgan fingerprint density at radius 3 is 2.14 bits per heavy atom. The molecule has 0 bridgehead atoms. The van der Waals surface area contributed by atoms with Gasteiger partial charge in [-0.15, -0.1) is 11.6 Å². The SMILES string of the molecule is NC(=S)N(CCCl)C(C1CC1)C1CC1. The normalized spacial score (nSPS) is 21.3. The average Bonchev–Trinajstić information content (AvgIpc) is 2.99. The summed E-state index contributed by atoms with van der Waals surface area (Å²) >= 11 is 10.9. The van der Waals surface area contributed by atoms with Crippen molar-refractivity contribution in [1.29, 1.82) is 0 Å². The molecule has 0 atom stereocenters. The van der Waals surface area contributed by atoms with Crippen LogP contribution in [0.5, 0.6) is 0 Å². The van der Waals surface area contributed by atoms with E-state index in [-0.39, 0.29) is 0 Å². The van der Waals surface area contributed by atoms with Gasteiger partial charge in [0.05, 0.1) is 0 Å². The fourth-order valence-corrected chi connectivity index (χ4v) is 2.66. The standard InChI is InChI=1S/C10H17ClN2S/c11-5-6-13(10(12)14)9(7-1-2-7)8-3-4-8/h7-9H,1-6H2,(H2,12,14). The number of halogens is 1. The summed E-state index contributed by atoms with van der Waals surface area (Å²) in [5, 5.41) is 0.537. The largest absolute Gasteiger partial charge is 0.376 e. The molecule has 0 aromatic rings. The first-order chi connectivity index (χ1) is 6.74. The maximum atomic E-state index is 5.78. The van der Waals surface area contributed by atoms with Crippen LogP contribution in [-0.4, -0.2) is 28.5 Å². The second kappa shape index (κ2) is 4.23. The van der Waals surface area contributed by atoms with Gasteiger partial charge in [0.2, 0.25) is 0 Å². The average molecular weight is 233 g/mol. The maximum absolute atomic E-state index is 5.78. The molecule has 0 aliphatic heterocycles. The molecular formula is C10H17ClN2S. The van der Waals surface area contributed by atoms with Gasteiger partial charge >= 0.3 is 0 Å². The van der Waals surface area contributed by atoms with E-state index in [0.717, 1.165) is 18.4 Å². The van der Waals surface area contributed by atoms with Crippen LogP contribution >= 0.6 is 23.8 Å².